The highest BCUT2D eigenvalue weighted by Gasteiger charge is 2.15. The maximum Gasteiger partial charge on any atom is 0.320 e. The third kappa shape index (κ3) is 3.95. The van der Waals surface area contributed by atoms with Crippen LogP contribution >= 0.6 is 0 Å². The number of carboxylic acids is 1. The zero-order valence-electron chi connectivity index (χ0n) is 6.95. The number of aliphatic hydroxyl groups is 1. The highest BCUT2D eigenvalue weighted by molar-refractivity contribution is 5.72. The smallest absolute Gasteiger partial charge is 0.320 e. The summed E-state index contributed by atoms with van der Waals surface area (Å²) in [5, 5.41) is 17.0. The lowest BCUT2D eigenvalue weighted by Crippen LogP contribution is -2.36. The molecule has 0 aliphatic rings. The topological polar surface area (TPSA) is 60.8 Å². The molecular formula is C7H15NO3. The van der Waals surface area contributed by atoms with E-state index in [9.17, 15) is 4.79 Å². The quantitative estimate of drug-likeness (QED) is 0.585. The van der Waals surface area contributed by atoms with Crippen LogP contribution in [0.25, 0.3) is 0 Å². The minimum Gasteiger partial charge on any atom is -0.480 e. The highest BCUT2D eigenvalue weighted by Crippen LogP contribution is 1.95. The summed E-state index contributed by atoms with van der Waals surface area (Å²) in [6.45, 7) is 2.35. The van der Waals surface area contributed by atoms with E-state index in [1.165, 1.54) is 0 Å². The molecule has 0 bridgehead atoms. The van der Waals surface area contributed by atoms with Crippen LogP contribution in [0.3, 0.4) is 0 Å². The second-order valence-corrected chi connectivity index (χ2v) is 2.57. The molecule has 0 heterocycles. The van der Waals surface area contributed by atoms with Crippen molar-refractivity contribution in [1.82, 2.24) is 4.90 Å². The van der Waals surface area contributed by atoms with Gasteiger partial charge in [-0.25, -0.2) is 0 Å². The third-order valence-electron chi connectivity index (χ3n) is 1.69. The summed E-state index contributed by atoms with van der Waals surface area (Å²) in [6, 6.07) is -0.471. The molecule has 1 unspecified atom stereocenters. The monoisotopic (exact) mass is 161 g/mol. The normalized spacial score (nSPS) is 13.5. The molecule has 0 amide bonds. The Bertz CT molecular complexity index is 127. The van der Waals surface area contributed by atoms with Gasteiger partial charge in [-0.15, -0.1) is 0 Å². The second kappa shape index (κ2) is 5.09. The second-order valence-electron chi connectivity index (χ2n) is 2.57. The first-order valence-corrected chi connectivity index (χ1v) is 3.63. The Morgan fingerprint density at radius 1 is 1.64 bits per heavy atom. The number of likely N-dealkylation sites (N-methyl/N-ethyl adjacent to an activating group) is 1. The molecule has 1 atom stereocenters. The summed E-state index contributed by atoms with van der Waals surface area (Å²) in [6.07, 6.45) is 0.619. The number of nitrogens with zero attached hydrogens (tertiary/aromatic N) is 1. The fraction of sp³-hybridized carbons (Fsp3) is 0.857. The minimum absolute atomic E-state index is 0.108. The fourth-order valence-electron chi connectivity index (χ4n) is 0.702. The van der Waals surface area contributed by atoms with E-state index in [0.29, 0.717) is 13.0 Å². The van der Waals surface area contributed by atoms with Gasteiger partial charge in [0.15, 0.2) is 0 Å². The Hall–Kier alpha value is -0.610. The first kappa shape index (κ1) is 10.4. The maximum absolute atomic E-state index is 10.4. The number of aliphatic carboxylic acids is 1. The van der Waals surface area contributed by atoms with Crippen LogP contribution in [0.1, 0.15) is 13.3 Å². The van der Waals surface area contributed by atoms with Crippen LogP contribution in [0.4, 0.5) is 0 Å². The standard InChI is InChI=1S/C7H15NO3/c1-6(7(10)11)8(2)4-3-5-9/h6,9H,3-5H2,1-2H3,(H,10,11). The van der Waals surface area contributed by atoms with Crippen LogP contribution in [-0.4, -0.2) is 47.3 Å². The van der Waals surface area contributed by atoms with Crippen molar-refractivity contribution in [3.05, 3.63) is 0 Å². The molecule has 0 aromatic heterocycles. The van der Waals surface area contributed by atoms with Gasteiger partial charge in [0.25, 0.3) is 0 Å². The molecular weight excluding hydrogens is 146 g/mol. The van der Waals surface area contributed by atoms with Crippen LogP contribution < -0.4 is 0 Å². The summed E-state index contributed by atoms with van der Waals surface area (Å²) in [4.78, 5) is 12.1. The minimum atomic E-state index is -0.828. The SMILES string of the molecule is CC(C(=O)O)N(C)CCCO. The van der Waals surface area contributed by atoms with Gasteiger partial charge in [-0.05, 0) is 20.4 Å². The van der Waals surface area contributed by atoms with E-state index in [-0.39, 0.29) is 6.61 Å². The van der Waals surface area contributed by atoms with Gasteiger partial charge in [-0.1, -0.05) is 0 Å². The van der Waals surface area contributed by atoms with Gasteiger partial charge in [-0.2, -0.15) is 0 Å². The number of carboxylic acid groups (broad SMARTS) is 1. The van der Waals surface area contributed by atoms with Crippen molar-refractivity contribution in [3.63, 3.8) is 0 Å². The molecule has 4 nitrogen and oxygen atoms in total. The van der Waals surface area contributed by atoms with Crippen molar-refractivity contribution in [2.45, 2.75) is 19.4 Å². The lowest BCUT2D eigenvalue weighted by Gasteiger charge is -2.19. The molecule has 0 aromatic rings. The van der Waals surface area contributed by atoms with E-state index < -0.39 is 12.0 Å². The molecule has 4 heteroatoms. The van der Waals surface area contributed by atoms with E-state index in [1.807, 2.05) is 0 Å². The van der Waals surface area contributed by atoms with Crippen molar-refractivity contribution in [2.24, 2.45) is 0 Å². The molecule has 0 rings (SSSR count). The number of aliphatic hydroxyl groups excluding tert-OH is 1. The van der Waals surface area contributed by atoms with Crippen LogP contribution in [0.2, 0.25) is 0 Å². The summed E-state index contributed by atoms with van der Waals surface area (Å²) in [7, 11) is 1.73. The van der Waals surface area contributed by atoms with Gasteiger partial charge in [0.1, 0.15) is 6.04 Å². The Balaban J connectivity index is 3.63. The van der Waals surface area contributed by atoms with Gasteiger partial charge >= 0.3 is 5.97 Å². The van der Waals surface area contributed by atoms with Crippen molar-refractivity contribution in [3.8, 4) is 0 Å². The first-order valence-electron chi connectivity index (χ1n) is 3.63. The molecule has 0 fully saturated rings. The van der Waals surface area contributed by atoms with Crippen LogP contribution in [0.15, 0.2) is 0 Å². The number of hydrogen-bond acceptors (Lipinski definition) is 3. The number of carbonyl (C=O) groups is 1. The fourth-order valence-corrected chi connectivity index (χ4v) is 0.702. The Kier molecular flexibility index (Phi) is 4.81. The van der Waals surface area contributed by atoms with Crippen molar-refractivity contribution in [2.75, 3.05) is 20.2 Å². The van der Waals surface area contributed by atoms with Crippen LogP contribution in [0, 0.1) is 0 Å². The highest BCUT2D eigenvalue weighted by atomic mass is 16.4. The zero-order valence-corrected chi connectivity index (χ0v) is 6.95. The van der Waals surface area contributed by atoms with Gasteiger partial charge in [0, 0.05) is 13.2 Å². The van der Waals surface area contributed by atoms with E-state index >= 15 is 0 Å². The molecule has 0 aliphatic heterocycles. The van der Waals surface area contributed by atoms with E-state index in [4.69, 9.17) is 10.2 Å². The van der Waals surface area contributed by atoms with E-state index in [1.54, 1.807) is 18.9 Å². The predicted octanol–water partition coefficient (Wildman–Crippen LogP) is -0.226. The predicted molar refractivity (Wildman–Crippen MR) is 41.4 cm³/mol. The summed E-state index contributed by atoms with van der Waals surface area (Å²) >= 11 is 0. The van der Waals surface area contributed by atoms with Crippen molar-refractivity contribution >= 4 is 5.97 Å². The molecule has 2 N–H and O–H groups in total. The van der Waals surface area contributed by atoms with Crippen LogP contribution in [0.5, 0.6) is 0 Å². The van der Waals surface area contributed by atoms with E-state index in [0.717, 1.165) is 0 Å². The molecule has 66 valence electrons. The molecule has 0 saturated carbocycles. The van der Waals surface area contributed by atoms with Gasteiger partial charge < -0.3 is 10.2 Å². The largest absolute Gasteiger partial charge is 0.480 e. The summed E-state index contributed by atoms with van der Waals surface area (Å²) in [5.41, 5.74) is 0. The van der Waals surface area contributed by atoms with Crippen molar-refractivity contribution in [1.29, 1.82) is 0 Å². The van der Waals surface area contributed by atoms with Gasteiger partial charge in [-0.3, -0.25) is 9.69 Å². The first-order chi connectivity index (χ1) is 5.09. The van der Waals surface area contributed by atoms with Gasteiger partial charge in [0.05, 0.1) is 0 Å². The Labute approximate surface area is 66.4 Å². The zero-order chi connectivity index (χ0) is 8.85. The Morgan fingerprint density at radius 2 is 2.18 bits per heavy atom. The lowest BCUT2D eigenvalue weighted by atomic mass is 10.3. The average molecular weight is 161 g/mol. The molecule has 11 heavy (non-hydrogen) atoms. The Morgan fingerprint density at radius 3 is 2.55 bits per heavy atom. The molecule has 0 saturated heterocycles. The van der Waals surface area contributed by atoms with Crippen molar-refractivity contribution < 1.29 is 15.0 Å². The van der Waals surface area contributed by atoms with E-state index in [2.05, 4.69) is 0 Å². The molecule has 0 radical (unpaired) electrons. The average Bonchev–Trinajstić information content (AvgIpc) is 1.98. The summed E-state index contributed by atoms with van der Waals surface area (Å²) < 4.78 is 0. The number of rotatable bonds is 5. The summed E-state index contributed by atoms with van der Waals surface area (Å²) in [5.74, 6) is -0.828. The van der Waals surface area contributed by atoms with Crippen LogP contribution in [-0.2, 0) is 4.79 Å². The molecule has 0 aromatic carbocycles. The number of hydrogen-bond donors (Lipinski definition) is 2. The molecule has 0 aliphatic carbocycles. The third-order valence-corrected chi connectivity index (χ3v) is 1.69. The maximum atomic E-state index is 10.4. The lowest BCUT2D eigenvalue weighted by molar-refractivity contribution is -0.142. The molecule has 0 spiro atoms. The van der Waals surface area contributed by atoms with Gasteiger partial charge in [0.2, 0.25) is 0 Å².